The summed E-state index contributed by atoms with van der Waals surface area (Å²) in [6.07, 6.45) is 0. The summed E-state index contributed by atoms with van der Waals surface area (Å²) in [4.78, 5) is 10.9. The van der Waals surface area contributed by atoms with E-state index in [4.69, 9.17) is 14.2 Å². The molecule has 0 unspecified atom stereocenters. The summed E-state index contributed by atoms with van der Waals surface area (Å²) in [5.74, 6) is -0.283. The van der Waals surface area contributed by atoms with Crippen molar-refractivity contribution in [3.63, 3.8) is 0 Å². The Labute approximate surface area is 142 Å². The number of hydrogen-bond donors (Lipinski definition) is 0. The Balaban J connectivity index is 0.00000256. The van der Waals surface area contributed by atoms with Gasteiger partial charge in [0, 0.05) is 11.1 Å². The van der Waals surface area contributed by atoms with Crippen molar-refractivity contribution in [1.29, 1.82) is 0 Å². The van der Waals surface area contributed by atoms with E-state index in [2.05, 4.69) is 0 Å². The van der Waals surface area contributed by atoms with Crippen molar-refractivity contribution in [1.82, 2.24) is 0 Å². The van der Waals surface area contributed by atoms with Gasteiger partial charge >= 0.3 is 51.4 Å². The van der Waals surface area contributed by atoms with Gasteiger partial charge in [0.15, 0.2) is 11.5 Å². The first-order valence-corrected chi connectivity index (χ1v) is 4.57. The van der Waals surface area contributed by atoms with Gasteiger partial charge in [0.05, 0.1) is 27.3 Å². The first kappa shape index (κ1) is 16.7. The van der Waals surface area contributed by atoms with Crippen LogP contribution in [0.4, 0.5) is 0 Å². The summed E-state index contributed by atoms with van der Waals surface area (Å²) < 4.78 is 15.2. The molecule has 0 aliphatic heterocycles. The molecule has 0 bridgehead atoms. The molecule has 0 aliphatic carbocycles. The number of hydrogen-bond acceptors (Lipinski definition) is 5. The zero-order valence-corrected chi connectivity index (χ0v) is 13.7. The van der Waals surface area contributed by atoms with Gasteiger partial charge < -0.3 is 24.1 Å². The van der Waals surface area contributed by atoms with Gasteiger partial charge in [-0.3, -0.25) is 0 Å². The Hall–Kier alpha value is -0.274. The third kappa shape index (κ3) is 3.35. The Morgan fingerprint density at radius 3 is 2.00 bits per heavy atom. The monoisotopic (exact) mass is 264 g/mol. The molecule has 0 heterocycles. The van der Waals surface area contributed by atoms with Gasteiger partial charge in [-0.05, 0) is 13.0 Å². The summed E-state index contributed by atoms with van der Waals surface area (Å²) in [6.45, 7) is 1.62. The average Bonchev–Trinajstić information content (AvgIpc) is 2.27. The van der Waals surface area contributed by atoms with Crippen molar-refractivity contribution >= 4 is 5.97 Å². The van der Waals surface area contributed by atoms with Crippen LogP contribution in [0.2, 0.25) is 0 Å². The van der Waals surface area contributed by atoms with Crippen LogP contribution in [-0.4, -0.2) is 27.3 Å². The molecule has 0 atom stereocenters. The van der Waals surface area contributed by atoms with Gasteiger partial charge in [-0.15, -0.1) is 0 Å². The molecular formula is C11H13KO5. The molecule has 6 heteroatoms. The van der Waals surface area contributed by atoms with Gasteiger partial charge in [0.1, 0.15) is 0 Å². The van der Waals surface area contributed by atoms with Gasteiger partial charge in [0.25, 0.3) is 0 Å². The Morgan fingerprint density at radius 1 is 1.12 bits per heavy atom. The molecule has 0 fully saturated rings. The van der Waals surface area contributed by atoms with Gasteiger partial charge in [-0.2, -0.15) is 0 Å². The van der Waals surface area contributed by atoms with Crippen LogP contribution in [-0.2, 0) is 0 Å². The van der Waals surface area contributed by atoms with E-state index in [0.717, 1.165) is 0 Å². The molecule has 0 aromatic heterocycles. The molecule has 1 rings (SSSR count). The third-order valence-electron chi connectivity index (χ3n) is 2.30. The summed E-state index contributed by atoms with van der Waals surface area (Å²) in [5.41, 5.74) is 0.467. The van der Waals surface area contributed by atoms with Crippen LogP contribution in [0.3, 0.4) is 0 Å². The number of benzene rings is 1. The number of methoxy groups -OCH3 is 3. The fraction of sp³-hybridized carbons (Fsp3) is 0.364. The van der Waals surface area contributed by atoms with Crippen molar-refractivity contribution in [2.24, 2.45) is 0 Å². The van der Waals surface area contributed by atoms with E-state index >= 15 is 0 Å². The SMILES string of the molecule is COc1cc(C(=O)[O-])c(C)c(OC)c1OC.[K+]. The third-order valence-corrected chi connectivity index (χ3v) is 2.30. The van der Waals surface area contributed by atoms with Crippen LogP contribution in [0.5, 0.6) is 17.2 Å². The Morgan fingerprint density at radius 2 is 1.65 bits per heavy atom. The van der Waals surface area contributed by atoms with Crippen molar-refractivity contribution in [3.8, 4) is 17.2 Å². The van der Waals surface area contributed by atoms with Crippen LogP contribution in [0, 0.1) is 6.92 Å². The van der Waals surface area contributed by atoms with Crippen LogP contribution in [0.15, 0.2) is 6.07 Å². The predicted octanol–water partition coefficient (Wildman–Crippen LogP) is -2.61. The minimum Gasteiger partial charge on any atom is -0.545 e. The van der Waals surface area contributed by atoms with E-state index in [-0.39, 0.29) is 56.9 Å². The number of rotatable bonds is 4. The van der Waals surface area contributed by atoms with Crippen LogP contribution in [0.25, 0.3) is 0 Å². The van der Waals surface area contributed by atoms with Gasteiger partial charge in [0.2, 0.25) is 5.75 Å². The van der Waals surface area contributed by atoms with Gasteiger partial charge in [-0.1, -0.05) is 0 Å². The normalized spacial score (nSPS) is 9.18. The molecular weight excluding hydrogens is 251 g/mol. The second kappa shape index (κ2) is 7.23. The van der Waals surface area contributed by atoms with E-state index in [1.807, 2.05) is 0 Å². The minimum atomic E-state index is -1.28. The molecule has 0 N–H and O–H groups in total. The molecule has 17 heavy (non-hydrogen) atoms. The largest absolute Gasteiger partial charge is 1.00 e. The maximum absolute atomic E-state index is 10.9. The predicted molar refractivity (Wildman–Crippen MR) is 55.2 cm³/mol. The van der Waals surface area contributed by atoms with Crippen molar-refractivity contribution in [2.75, 3.05) is 21.3 Å². The van der Waals surface area contributed by atoms with E-state index in [1.165, 1.54) is 27.4 Å². The first-order valence-electron chi connectivity index (χ1n) is 4.57. The Kier molecular flexibility index (Phi) is 7.11. The zero-order chi connectivity index (χ0) is 12.3. The molecule has 0 saturated carbocycles. The summed E-state index contributed by atoms with van der Waals surface area (Å²) in [5, 5.41) is 10.9. The van der Waals surface area contributed by atoms with Crippen molar-refractivity contribution < 1.29 is 75.5 Å². The number of carbonyl (C=O) groups is 1. The van der Waals surface area contributed by atoms with Crippen molar-refractivity contribution in [3.05, 3.63) is 17.2 Å². The van der Waals surface area contributed by atoms with E-state index in [1.54, 1.807) is 6.92 Å². The minimum absolute atomic E-state index is 0. The zero-order valence-electron chi connectivity index (χ0n) is 10.6. The fourth-order valence-corrected chi connectivity index (χ4v) is 1.51. The number of ether oxygens (including phenoxy) is 3. The van der Waals surface area contributed by atoms with E-state index in [0.29, 0.717) is 22.8 Å². The molecule has 0 aliphatic rings. The van der Waals surface area contributed by atoms with Crippen LogP contribution in [0.1, 0.15) is 15.9 Å². The average molecular weight is 264 g/mol. The first-order chi connectivity index (χ1) is 7.56. The molecule has 0 radical (unpaired) electrons. The standard InChI is InChI=1S/C11H14O5.K/c1-6-7(11(12)13)5-8(14-2)10(16-4)9(6)15-3;/h5H,1-4H3,(H,12,13);/q;+1/p-1. The maximum atomic E-state index is 10.9. The summed E-state index contributed by atoms with van der Waals surface area (Å²) >= 11 is 0. The quantitative estimate of drug-likeness (QED) is 0.557. The summed E-state index contributed by atoms with van der Waals surface area (Å²) in [7, 11) is 4.31. The smallest absolute Gasteiger partial charge is 0.545 e. The summed E-state index contributed by atoms with van der Waals surface area (Å²) in [6, 6.07) is 1.35. The van der Waals surface area contributed by atoms with Crippen molar-refractivity contribution in [2.45, 2.75) is 6.92 Å². The van der Waals surface area contributed by atoms with E-state index in [9.17, 15) is 9.90 Å². The second-order valence-electron chi connectivity index (χ2n) is 3.11. The molecule has 0 spiro atoms. The Bertz CT molecular complexity index is 417. The molecule has 1 aromatic rings. The topological polar surface area (TPSA) is 67.8 Å². The number of aromatic carboxylic acids is 1. The number of carboxylic acids is 1. The molecule has 88 valence electrons. The number of carboxylic acid groups (broad SMARTS) is 1. The molecule has 0 amide bonds. The molecule has 1 aromatic carbocycles. The van der Waals surface area contributed by atoms with Crippen LogP contribution >= 0.6 is 0 Å². The molecule has 5 nitrogen and oxygen atoms in total. The van der Waals surface area contributed by atoms with Crippen LogP contribution < -0.4 is 70.7 Å². The fourth-order valence-electron chi connectivity index (χ4n) is 1.51. The van der Waals surface area contributed by atoms with Gasteiger partial charge in [-0.25, -0.2) is 0 Å². The maximum Gasteiger partial charge on any atom is 1.00 e. The molecule has 0 saturated heterocycles. The number of carbonyl (C=O) groups excluding carboxylic acids is 1. The second-order valence-corrected chi connectivity index (χ2v) is 3.11. The van der Waals surface area contributed by atoms with E-state index < -0.39 is 5.97 Å².